The number of rotatable bonds is 4. The molecular formula is C17H18BrClF2N4O2. The van der Waals surface area contributed by atoms with Gasteiger partial charge in [-0.25, -0.2) is 8.78 Å². The van der Waals surface area contributed by atoms with Crippen molar-refractivity contribution in [3.05, 3.63) is 15.3 Å². The van der Waals surface area contributed by atoms with Gasteiger partial charge >= 0.3 is 6.01 Å². The standard InChI is InChI=1S/C17H18BrClF2N4O2/c1-22-15-9-13(12(21)10(18)11(19)14(9)26)23-16(24-15)27-7-17-3-2-4-25(17)6-8(20)5-17/h8,26H,2-7H2,1H3,(H,22,23,24)/t8-,17+/m1/s1. The van der Waals surface area contributed by atoms with Gasteiger partial charge in [-0.2, -0.15) is 9.97 Å². The lowest BCUT2D eigenvalue weighted by Gasteiger charge is -2.30. The van der Waals surface area contributed by atoms with Crippen molar-refractivity contribution in [3.8, 4) is 11.8 Å². The highest BCUT2D eigenvalue weighted by molar-refractivity contribution is 9.10. The van der Waals surface area contributed by atoms with E-state index in [0.29, 0.717) is 13.0 Å². The maximum atomic E-state index is 14.7. The summed E-state index contributed by atoms with van der Waals surface area (Å²) in [6.45, 7) is 1.49. The molecule has 4 rings (SSSR count). The van der Waals surface area contributed by atoms with Gasteiger partial charge in [0, 0.05) is 20.0 Å². The minimum Gasteiger partial charge on any atom is -0.505 e. The summed E-state index contributed by atoms with van der Waals surface area (Å²) in [5, 5.41) is 13.0. The molecule has 0 spiro atoms. The van der Waals surface area contributed by atoms with E-state index in [1.165, 1.54) is 0 Å². The first-order valence-electron chi connectivity index (χ1n) is 8.63. The van der Waals surface area contributed by atoms with Gasteiger partial charge in [-0.05, 0) is 35.3 Å². The molecule has 2 aliphatic rings. The van der Waals surface area contributed by atoms with E-state index in [-0.39, 0.29) is 50.1 Å². The summed E-state index contributed by atoms with van der Waals surface area (Å²) in [6, 6.07) is -0.0390. The van der Waals surface area contributed by atoms with Crippen LogP contribution in [0.3, 0.4) is 0 Å². The Labute approximate surface area is 168 Å². The smallest absolute Gasteiger partial charge is 0.319 e. The summed E-state index contributed by atoms with van der Waals surface area (Å²) >= 11 is 8.98. The Bertz CT molecular complexity index is 919. The van der Waals surface area contributed by atoms with Crippen LogP contribution in [-0.2, 0) is 0 Å². The fourth-order valence-corrected chi connectivity index (χ4v) is 4.68. The van der Waals surface area contributed by atoms with E-state index in [9.17, 15) is 13.9 Å². The van der Waals surface area contributed by atoms with Gasteiger partial charge in [0.25, 0.3) is 0 Å². The fourth-order valence-electron chi connectivity index (χ4n) is 4.13. The van der Waals surface area contributed by atoms with Crippen LogP contribution in [0.15, 0.2) is 4.47 Å². The molecule has 27 heavy (non-hydrogen) atoms. The predicted octanol–water partition coefficient (Wildman–Crippen LogP) is 3.89. The van der Waals surface area contributed by atoms with Gasteiger partial charge in [-0.15, -0.1) is 0 Å². The molecule has 10 heteroatoms. The Morgan fingerprint density at radius 2 is 2.26 bits per heavy atom. The van der Waals surface area contributed by atoms with E-state index in [1.807, 2.05) is 0 Å². The Kier molecular flexibility index (Phi) is 4.80. The van der Waals surface area contributed by atoms with E-state index in [1.54, 1.807) is 7.05 Å². The highest BCUT2D eigenvalue weighted by Crippen LogP contribution is 2.44. The van der Waals surface area contributed by atoms with Gasteiger partial charge in [0.1, 0.15) is 34.9 Å². The van der Waals surface area contributed by atoms with E-state index < -0.39 is 12.0 Å². The molecule has 0 saturated carbocycles. The van der Waals surface area contributed by atoms with Crippen LogP contribution < -0.4 is 10.1 Å². The molecule has 6 nitrogen and oxygen atoms in total. The third-order valence-electron chi connectivity index (χ3n) is 5.39. The van der Waals surface area contributed by atoms with E-state index in [0.717, 1.165) is 19.4 Å². The molecule has 1 aromatic carbocycles. The number of aromatic hydroxyl groups is 1. The molecule has 0 radical (unpaired) electrons. The zero-order valence-corrected chi connectivity index (χ0v) is 16.9. The molecule has 2 atom stereocenters. The summed E-state index contributed by atoms with van der Waals surface area (Å²) in [5.41, 5.74) is -0.479. The van der Waals surface area contributed by atoms with Gasteiger partial charge in [-0.1, -0.05) is 11.6 Å². The molecule has 2 aliphatic heterocycles. The van der Waals surface area contributed by atoms with Crippen molar-refractivity contribution in [1.29, 1.82) is 0 Å². The second-order valence-corrected chi connectivity index (χ2v) is 8.15. The molecule has 1 aromatic heterocycles. The van der Waals surface area contributed by atoms with E-state index in [4.69, 9.17) is 16.3 Å². The number of hydrogen-bond acceptors (Lipinski definition) is 6. The number of alkyl halides is 1. The van der Waals surface area contributed by atoms with Crippen LogP contribution in [0, 0.1) is 5.82 Å². The van der Waals surface area contributed by atoms with Crippen molar-refractivity contribution in [2.75, 3.05) is 32.1 Å². The molecular weight excluding hydrogens is 446 g/mol. The highest BCUT2D eigenvalue weighted by Gasteiger charge is 2.49. The Hall–Kier alpha value is -1.45. The molecule has 0 bridgehead atoms. The maximum absolute atomic E-state index is 14.7. The molecule has 2 N–H and O–H groups in total. The zero-order valence-electron chi connectivity index (χ0n) is 14.5. The van der Waals surface area contributed by atoms with Gasteiger partial charge in [-0.3, -0.25) is 4.90 Å². The number of hydrogen-bond donors (Lipinski definition) is 2. The first kappa shape index (κ1) is 18.9. The summed E-state index contributed by atoms with van der Waals surface area (Å²) in [5.74, 6) is -0.856. The van der Waals surface area contributed by atoms with Crippen molar-refractivity contribution < 1.29 is 18.6 Å². The number of nitrogens with one attached hydrogen (secondary N) is 1. The molecule has 2 fully saturated rings. The minimum atomic E-state index is -0.869. The SMILES string of the molecule is CNc1nc(OC[C@@]23CCCN2C[C@H](F)C3)nc2c(F)c(Br)c(Cl)c(O)c12. The Balaban J connectivity index is 1.71. The summed E-state index contributed by atoms with van der Waals surface area (Å²) in [4.78, 5) is 10.5. The van der Waals surface area contributed by atoms with Crippen LogP contribution in [0.1, 0.15) is 19.3 Å². The number of phenolic OH excluding ortho intramolecular Hbond substituents is 1. The normalized spacial score (nSPS) is 25.1. The van der Waals surface area contributed by atoms with Crippen LogP contribution in [0.25, 0.3) is 10.9 Å². The summed E-state index contributed by atoms with van der Waals surface area (Å²) in [6.07, 6.45) is 1.38. The van der Waals surface area contributed by atoms with Crippen LogP contribution in [0.2, 0.25) is 5.02 Å². The average molecular weight is 464 g/mol. The first-order chi connectivity index (χ1) is 12.9. The molecule has 2 saturated heterocycles. The van der Waals surface area contributed by atoms with Crippen molar-refractivity contribution >= 4 is 44.3 Å². The number of benzene rings is 1. The molecule has 2 aromatic rings. The lowest BCUT2D eigenvalue weighted by Crippen LogP contribution is -2.43. The zero-order chi connectivity index (χ0) is 19.3. The van der Waals surface area contributed by atoms with Crippen molar-refractivity contribution in [2.45, 2.75) is 31.0 Å². The fraction of sp³-hybridized carbons (Fsp3) is 0.529. The van der Waals surface area contributed by atoms with Crippen LogP contribution in [-0.4, -0.2) is 58.4 Å². The number of ether oxygens (including phenoxy) is 1. The molecule has 0 amide bonds. The molecule has 146 valence electrons. The average Bonchev–Trinajstić information content (AvgIpc) is 3.17. The molecule has 0 unspecified atom stereocenters. The Morgan fingerprint density at radius 1 is 1.48 bits per heavy atom. The van der Waals surface area contributed by atoms with Crippen molar-refractivity contribution in [3.63, 3.8) is 0 Å². The first-order valence-corrected chi connectivity index (χ1v) is 9.80. The molecule has 3 heterocycles. The van der Waals surface area contributed by atoms with Crippen LogP contribution in [0.5, 0.6) is 11.8 Å². The van der Waals surface area contributed by atoms with Crippen molar-refractivity contribution in [2.24, 2.45) is 0 Å². The van der Waals surface area contributed by atoms with Gasteiger partial charge in [0.15, 0.2) is 5.82 Å². The minimum absolute atomic E-state index is 0.0390. The van der Waals surface area contributed by atoms with Crippen LogP contribution in [0.4, 0.5) is 14.6 Å². The third kappa shape index (κ3) is 3.00. The number of aromatic nitrogens is 2. The monoisotopic (exact) mass is 462 g/mol. The highest BCUT2D eigenvalue weighted by atomic mass is 79.9. The van der Waals surface area contributed by atoms with E-state index in [2.05, 4.69) is 36.1 Å². The second kappa shape index (κ2) is 6.86. The van der Waals surface area contributed by atoms with Gasteiger partial charge in [0.05, 0.1) is 15.4 Å². The third-order valence-corrected chi connectivity index (χ3v) is 6.74. The van der Waals surface area contributed by atoms with Gasteiger partial charge < -0.3 is 15.2 Å². The number of halogens is 4. The lowest BCUT2D eigenvalue weighted by molar-refractivity contribution is 0.107. The largest absolute Gasteiger partial charge is 0.505 e. The Morgan fingerprint density at radius 3 is 3.00 bits per heavy atom. The maximum Gasteiger partial charge on any atom is 0.319 e. The number of fused-ring (bicyclic) bond motifs is 2. The number of nitrogens with zero attached hydrogens (tertiary/aromatic N) is 3. The lowest BCUT2D eigenvalue weighted by atomic mass is 9.95. The summed E-state index contributed by atoms with van der Waals surface area (Å²) in [7, 11) is 1.58. The quantitative estimate of drug-likeness (QED) is 0.671. The van der Waals surface area contributed by atoms with Crippen LogP contribution >= 0.6 is 27.5 Å². The van der Waals surface area contributed by atoms with Gasteiger partial charge in [0.2, 0.25) is 0 Å². The van der Waals surface area contributed by atoms with E-state index >= 15 is 0 Å². The second-order valence-electron chi connectivity index (χ2n) is 6.98. The molecule has 0 aliphatic carbocycles. The topological polar surface area (TPSA) is 70.5 Å². The summed E-state index contributed by atoms with van der Waals surface area (Å²) < 4.78 is 34.3. The number of phenols is 1. The number of anilines is 1. The van der Waals surface area contributed by atoms with Crippen molar-refractivity contribution in [1.82, 2.24) is 14.9 Å². The predicted molar refractivity (Wildman–Crippen MR) is 102 cm³/mol.